The molecule has 0 saturated carbocycles. The fourth-order valence-electron chi connectivity index (χ4n) is 3.25. The first-order valence-corrected chi connectivity index (χ1v) is 13.2. The number of amides is 2. The molecule has 0 bridgehead atoms. The Bertz CT molecular complexity index is 1290. The average molecular weight is 642 g/mol. The van der Waals surface area contributed by atoms with Crippen LogP contribution in [0, 0.1) is 6.92 Å². The number of benzene rings is 3. The highest BCUT2D eigenvalue weighted by molar-refractivity contribution is 9.11. The first-order chi connectivity index (χ1) is 16.2. The van der Waals surface area contributed by atoms with Crippen LogP contribution in [0.3, 0.4) is 0 Å². The van der Waals surface area contributed by atoms with Gasteiger partial charge >= 0.3 is 0 Å². The van der Waals surface area contributed by atoms with Gasteiger partial charge in [0.05, 0.1) is 30.4 Å². The van der Waals surface area contributed by atoms with Crippen molar-refractivity contribution in [3.05, 3.63) is 101 Å². The fourth-order valence-corrected chi connectivity index (χ4v) is 5.86. The highest BCUT2D eigenvalue weighted by Gasteiger charge is 2.35. The smallest absolute Gasteiger partial charge is 0.293 e. The standard InChI is InChI=1S/C25H17Br2Cl2NO3S/c1-14-2-4-15(5-3-14)13-33-23-18(26)8-17(9-19(23)27)11-22-24(31)30(25(32)34-22)12-16-6-7-20(28)21(29)10-16/h2-11H,12-13H2,1H3/b22-11-. The number of hydrogen-bond acceptors (Lipinski definition) is 4. The topological polar surface area (TPSA) is 46.6 Å². The molecule has 4 rings (SSSR count). The van der Waals surface area contributed by atoms with Crippen LogP contribution in [0.25, 0.3) is 6.08 Å². The number of rotatable bonds is 6. The van der Waals surface area contributed by atoms with E-state index in [0.29, 0.717) is 27.3 Å². The van der Waals surface area contributed by atoms with Gasteiger partial charge in [-0.15, -0.1) is 0 Å². The number of carbonyl (C=O) groups excluding carboxylic acids is 2. The molecule has 1 fully saturated rings. The third-order valence-corrected chi connectivity index (χ3v) is 7.84. The maximum atomic E-state index is 12.9. The number of hydrogen-bond donors (Lipinski definition) is 0. The molecule has 0 spiro atoms. The molecular formula is C25H17Br2Cl2NO3S. The van der Waals surface area contributed by atoms with Crippen molar-refractivity contribution in [3.63, 3.8) is 0 Å². The number of aryl methyl sites for hydroxylation is 1. The van der Waals surface area contributed by atoms with Gasteiger partial charge in [-0.25, -0.2) is 0 Å². The Hall–Kier alpha value is -1.77. The lowest BCUT2D eigenvalue weighted by Crippen LogP contribution is -2.27. The number of ether oxygens (including phenoxy) is 1. The molecule has 9 heteroatoms. The van der Waals surface area contributed by atoms with Crippen LogP contribution in [-0.4, -0.2) is 16.0 Å². The summed E-state index contributed by atoms with van der Waals surface area (Å²) in [5, 5.41) is 0.460. The third kappa shape index (κ3) is 5.89. The number of imide groups is 1. The largest absolute Gasteiger partial charge is 0.487 e. The molecule has 1 aliphatic rings. The van der Waals surface area contributed by atoms with Gasteiger partial charge < -0.3 is 4.74 Å². The zero-order valence-corrected chi connectivity index (χ0v) is 23.3. The lowest BCUT2D eigenvalue weighted by molar-refractivity contribution is -0.123. The molecule has 0 N–H and O–H groups in total. The summed E-state index contributed by atoms with van der Waals surface area (Å²) >= 11 is 20.0. The van der Waals surface area contributed by atoms with E-state index in [-0.39, 0.29) is 17.7 Å². The zero-order valence-electron chi connectivity index (χ0n) is 17.8. The Morgan fingerprint density at radius 3 is 2.24 bits per heavy atom. The molecule has 0 aliphatic carbocycles. The van der Waals surface area contributed by atoms with Gasteiger partial charge in [0, 0.05) is 0 Å². The van der Waals surface area contributed by atoms with Crippen molar-refractivity contribution in [2.45, 2.75) is 20.1 Å². The Morgan fingerprint density at radius 2 is 1.59 bits per heavy atom. The summed E-state index contributed by atoms with van der Waals surface area (Å²) in [7, 11) is 0. The van der Waals surface area contributed by atoms with E-state index in [4.69, 9.17) is 27.9 Å². The summed E-state index contributed by atoms with van der Waals surface area (Å²) in [6.45, 7) is 2.58. The predicted octanol–water partition coefficient (Wildman–Crippen LogP) is 8.64. The molecule has 1 saturated heterocycles. The van der Waals surface area contributed by atoms with Crippen LogP contribution in [0.1, 0.15) is 22.3 Å². The van der Waals surface area contributed by atoms with Crippen molar-refractivity contribution < 1.29 is 14.3 Å². The van der Waals surface area contributed by atoms with Crippen molar-refractivity contribution >= 4 is 84.0 Å². The van der Waals surface area contributed by atoms with Crippen molar-refractivity contribution in [1.29, 1.82) is 0 Å². The molecule has 2 amide bonds. The molecule has 3 aromatic carbocycles. The maximum absolute atomic E-state index is 12.9. The SMILES string of the molecule is Cc1ccc(COc2c(Br)cc(/C=C3\SC(=O)N(Cc4ccc(Cl)c(Cl)c4)C3=O)cc2Br)cc1. The quantitative estimate of drug-likeness (QED) is 0.253. The van der Waals surface area contributed by atoms with Crippen LogP contribution in [0.15, 0.2) is 68.4 Å². The average Bonchev–Trinajstić information content (AvgIpc) is 3.04. The van der Waals surface area contributed by atoms with Gasteiger partial charge in [0.15, 0.2) is 0 Å². The molecule has 174 valence electrons. The molecule has 1 heterocycles. The second-order valence-corrected chi connectivity index (χ2v) is 11.1. The Kier molecular flexibility index (Phi) is 8.10. The first-order valence-electron chi connectivity index (χ1n) is 10.1. The predicted molar refractivity (Wildman–Crippen MR) is 145 cm³/mol. The molecule has 0 unspecified atom stereocenters. The number of thioether (sulfide) groups is 1. The fraction of sp³-hybridized carbons (Fsp3) is 0.120. The second kappa shape index (κ2) is 10.9. The molecule has 4 nitrogen and oxygen atoms in total. The van der Waals surface area contributed by atoms with Crippen LogP contribution in [0.2, 0.25) is 10.0 Å². The first kappa shape index (κ1) is 25.3. The third-order valence-electron chi connectivity index (χ3n) is 5.02. The lowest BCUT2D eigenvalue weighted by Gasteiger charge is -2.13. The van der Waals surface area contributed by atoms with Crippen LogP contribution in [-0.2, 0) is 17.9 Å². The van der Waals surface area contributed by atoms with E-state index >= 15 is 0 Å². The van der Waals surface area contributed by atoms with Gasteiger partial charge in [-0.1, -0.05) is 59.1 Å². The molecule has 0 radical (unpaired) electrons. The van der Waals surface area contributed by atoms with Crippen LogP contribution in [0.5, 0.6) is 5.75 Å². The Morgan fingerprint density at radius 1 is 0.941 bits per heavy atom. The van der Waals surface area contributed by atoms with Gasteiger partial charge in [0.1, 0.15) is 12.4 Å². The molecule has 3 aromatic rings. The minimum absolute atomic E-state index is 0.123. The minimum atomic E-state index is -0.354. The summed E-state index contributed by atoms with van der Waals surface area (Å²) in [6, 6.07) is 16.9. The zero-order chi connectivity index (χ0) is 24.4. The summed E-state index contributed by atoms with van der Waals surface area (Å²) in [5.74, 6) is 0.304. The van der Waals surface area contributed by atoms with E-state index in [9.17, 15) is 9.59 Å². The van der Waals surface area contributed by atoms with Crippen LogP contribution in [0.4, 0.5) is 4.79 Å². The number of nitrogens with zero attached hydrogens (tertiary/aromatic N) is 1. The van der Waals surface area contributed by atoms with E-state index in [1.807, 2.05) is 43.3 Å². The van der Waals surface area contributed by atoms with Gasteiger partial charge in [-0.2, -0.15) is 0 Å². The van der Waals surface area contributed by atoms with Crippen molar-refractivity contribution in [2.75, 3.05) is 0 Å². The molecule has 0 atom stereocenters. The van der Waals surface area contributed by atoms with Gasteiger partial charge in [0.2, 0.25) is 0 Å². The lowest BCUT2D eigenvalue weighted by atomic mass is 10.1. The molecular weight excluding hydrogens is 625 g/mol. The Balaban J connectivity index is 1.49. The van der Waals surface area contributed by atoms with Gasteiger partial charge in [-0.3, -0.25) is 14.5 Å². The molecule has 1 aliphatic heterocycles. The summed E-state index contributed by atoms with van der Waals surface area (Å²) in [5.41, 5.74) is 3.72. The van der Waals surface area contributed by atoms with Crippen LogP contribution < -0.4 is 4.74 Å². The number of halogens is 4. The van der Waals surface area contributed by atoms with Gasteiger partial charge in [-0.05, 0) is 97.6 Å². The van der Waals surface area contributed by atoms with E-state index in [0.717, 1.165) is 37.4 Å². The monoisotopic (exact) mass is 639 g/mol. The number of carbonyl (C=O) groups is 2. The highest BCUT2D eigenvalue weighted by Crippen LogP contribution is 2.38. The van der Waals surface area contributed by atoms with Crippen molar-refractivity contribution in [2.24, 2.45) is 0 Å². The van der Waals surface area contributed by atoms with E-state index in [1.165, 1.54) is 10.5 Å². The van der Waals surface area contributed by atoms with Crippen molar-refractivity contribution in [3.8, 4) is 5.75 Å². The molecule has 34 heavy (non-hydrogen) atoms. The summed E-state index contributed by atoms with van der Waals surface area (Å²) in [6.07, 6.45) is 1.69. The van der Waals surface area contributed by atoms with Crippen molar-refractivity contribution in [1.82, 2.24) is 4.90 Å². The minimum Gasteiger partial charge on any atom is -0.487 e. The summed E-state index contributed by atoms with van der Waals surface area (Å²) < 4.78 is 7.45. The summed E-state index contributed by atoms with van der Waals surface area (Å²) in [4.78, 5) is 26.9. The second-order valence-electron chi connectivity index (χ2n) is 7.60. The van der Waals surface area contributed by atoms with E-state index in [2.05, 4.69) is 31.9 Å². The van der Waals surface area contributed by atoms with E-state index < -0.39 is 0 Å². The van der Waals surface area contributed by atoms with E-state index in [1.54, 1.807) is 24.3 Å². The van der Waals surface area contributed by atoms with Gasteiger partial charge in [0.25, 0.3) is 11.1 Å². The van der Waals surface area contributed by atoms with Crippen LogP contribution >= 0.6 is 66.8 Å². The maximum Gasteiger partial charge on any atom is 0.293 e. The molecule has 0 aromatic heterocycles. The normalized spacial score (nSPS) is 14.9. The highest BCUT2D eigenvalue weighted by atomic mass is 79.9. The Labute approximate surface area is 228 Å².